The lowest BCUT2D eigenvalue weighted by atomic mass is 10.0. The van der Waals surface area contributed by atoms with Crippen LogP contribution in [0, 0.1) is 0 Å². The highest BCUT2D eigenvalue weighted by atomic mass is 32.1. The second-order valence-corrected chi connectivity index (χ2v) is 9.74. The second-order valence-electron chi connectivity index (χ2n) is 8.86. The van der Waals surface area contributed by atoms with Gasteiger partial charge in [-0.15, -0.1) is 11.3 Å². The van der Waals surface area contributed by atoms with Crippen LogP contribution >= 0.6 is 11.3 Å². The lowest BCUT2D eigenvalue weighted by Gasteiger charge is -2.32. The molecule has 8 nitrogen and oxygen atoms in total. The Hall–Kier alpha value is -3.39. The highest BCUT2D eigenvalue weighted by Crippen LogP contribution is 2.38. The molecule has 1 aliphatic heterocycles. The van der Waals surface area contributed by atoms with Gasteiger partial charge < -0.3 is 15.3 Å². The van der Waals surface area contributed by atoms with Crippen molar-refractivity contribution in [3.63, 3.8) is 0 Å². The second kappa shape index (κ2) is 11.6. The molecule has 3 heterocycles. The summed E-state index contributed by atoms with van der Waals surface area (Å²) in [6, 6.07) is 5.18. The third kappa shape index (κ3) is 6.54. The fourth-order valence-electron chi connectivity index (χ4n) is 4.28. The van der Waals surface area contributed by atoms with Crippen molar-refractivity contribution in [3.05, 3.63) is 53.2 Å². The summed E-state index contributed by atoms with van der Waals surface area (Å²) in [7, 11) is 0. The molecule has 2 aromatic heterocycles. The Kier molecular flexibility index (Phi) is 8.41. The van der Waals surface area contributed by atoms with Gasteiger partial charge in [-0.1, -0.05) is 18.2 Å². The lowest BCUT2D eigenvalue weighted by Crippen LogP contribution is -2.45. The average Bonchev–Trinajstić information content (AvgIpc) is 3.54. The molecule has 3 aromatic rings. The van der Waals surface area contributed by atoms with Crippen LogP contribution in [0.15, 0.2) is 41.9 Å². The van der Waals surface area contributed by atoms with E-state index in [1.807, 2.05) is 0 Å². The minimum absolute atomic E-state index is 0.0177. The van der Waals surface area contributed by atoms with Crippen molar-refractivity contribution in [1.29, 1.82) is 0 Å². The van der Waals surface area contributed by atoms with Gasteiger partial charge >= 0.3 is 12.1 Å². The molecule has 0 aliphatic carbocycles. The Bertz CT molecular complexity index is 1270. The highest BCUT2D eigenvalue weighted by Gasteiger charge is 2.35. The maximum absolute atomic E-state index is 13.7. The summed E-state index contributed by atoms with van der Waals surface area (Å²) in [5, 5.41) is 17.9. The largest absolute Gasteiger partial charge is 0.481 e. The minimum atomic E-state index is -4.67. The van der Waals surface area contributed by atoms with Crippen LogP contribution in [0.1, 0.15) is 35.3 Å². The molecule has 4 rings (SSSR count). The fraction of sp³-hybridized carbons (Fsp3) is 0.417. The van der Waals surface area contributed by atoms with Crippen LogP contribution in [0.2, 0.25) is 0 Å². The van der Waals surface area contributed by atoms with E-state index in [0.29, 0.717) is 6.54 Å². The number of carbonyl (C=O) groups excluding carboxylic acids is 1. The summed E-state index contributed by atoms with van der Waals surface area (Å²) < 4.78 is 69.5. The van der Waals surface area contributed by atoms with Crippen LogP contribution in [0.4, 0.5) is 22.0 Å². The average molecular weight is 558 g/mol. The van der Waals surface area contributed by atoms with Gasteiger partial charge in [0.05, 0.1) is 17.7 Å². The van der Waals surface area contributed by atoms with Crippen molar-refractivity contribution in [3.8, 4) is 16.4 Å². The van der Waals surface area contributed by atoms with Gasteiger partial charge in [-0.25, -0.2) is 18.4 Å². The number of nitrogens with zero attached hydrogens (tertiary/aromatic N) is 4. The standard InChI is InChI=1S/C24H24F5N5O3S/c25-17-6-9-33(13-18(17)26)8-5-14(11-21(35)36)31-22(37)19-12-20(34(32-19)23-30-7-10-38-23)15-3-1-2-4-16(15)24(27,28)29/h1-4,7,10,12,14,17-18H,5-6,8-9,11,13H2,(H,31,37)(H,35,36)/t14?,17-,18+/m1/s1. The number of nitrogens with one attached hydrogen (secondary N) is 1. The number of piperidine rings is 1. The molecule has 1 unspecified atom stereocenters. The van der Waals surface area contributed by atoms with Crippen LogP contribution in [0.3, 0.4) is 0 Å². The SMILES string of the molecule is O=C(O)CC(CCN1CC[C@@H](F)[C@@H](F)C1)NC(=O)c1cc(-c2ccccc2C(F)(F)F)n(-c2nccs2)n1. The van der Waals surface area contributed by atoms with Gasteiger partial charge in [-0.05, 0) is 25.0 Å². The number of alkyl halides is 5. The molecular formula is C24H24F5N5O3S. The van der Waals surface area contributed by atoms with Crippen molar-refractivity contribution in [2.45, 2.75) is 43.8 Å². The number of likely N-dealkylation sites (tertiary alicyclic amines) is 1. The van der Waals surface area contributed by atoms with Gasteiger partial charge in [-0.2, -0.15) is 18.3 Å². The van der Waals surface area contributed by atoms with E-state index in [2.05, 4.69) is 15.4 Å². The van der Waals surface area contributed by atoms with Crippen molar-refractivity contribution in [1.82, 2.24) is 25.0 Å². The fourth-order valence-corrected chi connectivity index (χ4v) is 4.88. The van der Waals surface area contributed by atoms with E-state index in [1.165, 1.54) is 30.5 Å². The predicted molar refractivity (Wildman–Crippen MR) is 129 cm³/mol. The number of carboxylic acid groups (broad SMARTS) is 1. The maximum atomic E-state index is 13.7. The van der Waals surface area contributed by atoms with E-state index >= 15 is 0 Å². The lowest BCUT2D eigenvalue weighted by molar-refractivity contribution is -0.138. The Morgan fingerprint density at radius 1 is 1.21 bits per heavy atom. The Morgan fingerprint density at radius 2 is 1.97 bits per heavy atom. The zero-order chi connectivity index (χ0) is 27.4. The molecule has 38 heavy (non-hydrogen) atoms. The number of hydrogen-bond acceptors (Lipinski definition) is 6. The summed E-state index contributed by atoms with van der Waals surface area (Å²) in [5.41, 5.74) is -1.38. The molecule has 1 aromatic carbocycles. The van der Waals surface area contributed by atoms with Crippen LogP contribution in [0.25, 0.3) is 16.4 Å². The molecular weight excluding hydrogens is 533 g/mol. The molecule has 2 N–H and O–H groups in total. The number of amides is 1. The number of benzene rings is 1. The number of thiazole rings is 1. The van der Waals surface area contributed by atoms with Gasteiger partial charge in [0.25, 0.3) is 5.91 Å². The number of hydrogen-bond donors (Lipinski definition) is 2. The Balaban J connectivity index is 1.58. The molecule has 204 valence electrons. The van der Waals surface area contributed by atoms with Gasteiger partial charge in [0.15, 0.2) is 5.69 Å². The smallest absolute Gasteiger partial charge is 0.417 e. The van der Waals surface area contributed by atoms with Gasteiger partial charge in [-0.3, -0.25) is 9.59 Å². The first kappa shape index (κ1) is 27.6. The first-order valence-corrected chi connectivity index (χ1v) is 12.6. The molecule has 1 fully saturated rings. The van der Waals surface area contributed by atoms with Crippen LogP contribution in [0.5, 0.6) is 0 Å². The van der Waals surface area contributed by atoms with Crippen molar-refractivity contribution in [2.75, 3.05) is 19.6 Å². The molecule has 0 spiro atoms. The molecule has 0 saturated carbocycles. The third-order valence-electron chi connectivity index (χ3n) is 6.15. The third-order valence-corrected chi connectivity index (χ3v) is 6.89. The number of carbonyl (C=O) groups is 2. The zero-order valence-corrected chi connectivity index (χ0v) is 20.7. The van der Waals surface area contributed by atoms with Crippen molar-refractivity contribution < 1.29 is 36.6 Å². The maximum Gasteiger partial charge on any atom is 0.417 e. The van der Waals surface area contributed by atoms with Gasteiger partial charge in [0, 0.05) is 42.8 Å². The monoisotopic (exact) mass is 557 g/mol. The first-order chi connectivity index (χ1) is 18.0. The highest BCUT2D eigenvalue weighted by molar-refractivity contribution is 7.12. The summed E-state index contributed by atoms with van der Waals surface area (Å²) in [5.74, 6) is -1.97. The zero-order valence-electron chi connectivity index (χ0n) is 19.9. The van der Waals surface area contributed by atoms with Crippen LogP contribution in [-0.4, -0.2) is 74.7 Å². The van der Waals surface area contributed by atoms with Gasteiger partial charge in [0.1, 0.15) is 12.3 Å². The number of carboxylic acids is 1. The number of aliphatic carboxylic acids is 1. The van der Waals surface area contributed by atoms with Crippen molar-refractivity contribution in [2.24, 2.45) is 0 Å². The summed E-state index contributed by atoms with van der Waals surface area (Å²) >= 11 is 1.11. The molecule has 1 amide bonds. The van der Waals surface area contributed by atoms with E-state index in [4.69, 9.17) is 0 Å². The van der Waals surface area contributed by atoms with E-state index in [9.17, 15) is 36.6 Å². The van der Waals surface area contributed by atoms with E-state index in [0.717, 1.165) is 22.1 Å². The Morgan fingerprint density at radius 3 is 2.63 bits per heavy atom. The topological polar surface area (TPSA) is 100 Å². The minimum Gasteiger partial charge on any atom is -0.481 e. The quantitative estimate of drug-likeness (QED) is 0.380. The molecule has 0 radical (unpaired) electrons. The molecule has 1 aliphatic rings. The van der Waals surface area contributed by atoms with E-state index in [-0.39, 0.29) is 48.0 Å². The molecule has 1 saturated heterocycles. The predicted octanol–water partition coefficient (Wildman–Crippen LogP) is 4.36. The number of halogens is 5. The van der Waals surface area contributed by atoms with Crippen LogP contribution < -0.4 is 5.32 Å². The summed E-state index contributed by atoms with van der Waals surface area (Å²) in [6.45, 7) is 0.397. The first-order valence-electron chi connectivity index (χ1n) is 11.7. The molecule has 14 heteroatoms. The number of aromatic nitrogens is 3. The van der Waals surface area contributed by atoms with Crippen molar-refractivity contribution >= 4 is 23.2 Å². The van der Waals surface area contributed by atoms with E-state index in [1.54, 1.807) is 10.3 Å². The normalized spacial score (nSPS) is 19.3. The molecule has 3 atom stereocenters. The molecule has 0 bridgehead atoms. The number of rotatable bonds is 9. The van der Waals surface area contributed by atoms with Gasteiger partial charge in [0.2, 0.25) is 5.13 Å². The summed E-state index contributed by atoms with van der Waals surface area (Å²) in [6.07, 6.45) is -6.68. The van der Waals surface area contributed by atoms with E-state index < -0.39 is 48.4 Å². The summed E-state index contributed by atoms with van der Waals surface area (Å²) in [4.78, 5) is 30.2. The van der Waals surface area contributed by atoms with Crippen LogP contribution in [-0.2, 0) is 11.0 Å². The Labute approximate surface area is 218 Å².